The highest BCUT2D eigenvalue weighted by atomic mass is 32.2. The second kappa shape index (κ2) is 6.56. The fraction of sp³-hybridized carbons (Fsp3) is 0.467. The molecular weight excluding hydrogens is 296 g/mol. The third-order valence-corrected chi connectivity index (χ3v) is 4.68. The van der Waals surface area contributed by atoms with Crippen LogP contribution < -0.4 is 0 Å². The fourth-order valence-electron chi connectivity index (χ4n) is 2.53. The van der Waals surface area contributed by atoms with E-state index in [-0.39, 0.29) is 22.5 Å². The molecule has 2 rings (SSSR count). The maximum absolute atomic E-state index is 13.8. The van der Waals surface area contributed by atoms with Crippen molar-refractivity contribution in [1.29, 1.82) is 0 Å². The Bertz CT molecular complexity index is 565. The molecule has 1 aromatic rings. The summed E-state index contributed by atoms with van der Waals surface area (Å²) in [5, 5.41) is 0.0186. The molecule has 0 N–H and O–H groups in total. The van der Waals surface area contributed by atoms with Gasteiger partial charge in [-0.1, -0.05) is 11.8 Å². The summed E-state index contributed by atoms with van der Waals surface area (Å²) in [6, 6.07) is 2.75. The number of halogens is 2. The molecule has 6 heteroatoms. The zero-order valence-electron chi connectivity index (χ0n) is 11.9. The third-order valence-electron chi connectivity index (χ3n) is 3.64. The molecule has 3 nitrogen and oxygen atoms in total. The first-order valence-corrected chi connectivity index (χ1v) is 7.75. The minimum Gasteiger partial charge on any atom is -0.335 e. The number of amides is 1. The van der Waals surface area contributed by atoms with Crippen LogP contribution in [0.25, 0.3) is 0 Å². The minimum absolute atomic E-state index is 0.0186. The van der Waals surface area contributed by atoms with E-state index in [0.717, 1.165) is 18.2 Å². The predicted octanol–water partition coefficient (Wildman–Crippen LogP) is 3.15. The van der Waals surface area contributed by atoms with E-state index in [1.54, 1.807) is 11.8 Å². The second-order valence-electron chi connectivity index (χ2n) is 5.26. The average Bonchev–Trinajstić information content (AvgIpc) is 2.79. The molecule has 0 radical (unpaired) electrons. The molecule has 1 heterocycles. The molecule has 2 unspecified atom stereocenters. The van der Waals surface area contributed by atoms with E-state index >= 15 is 0 Å². The molecule has 0 bridgehead atoms. The number of carbonyl (C=O) groups is 2. The lowest BCUT2D eigenvalue weighted by atomic mass is 10.1. The Hall–Kier alpha value is -1.43. The summed E-state index contributed by atoms with van der Waals surface area (Å²) in [5.41, 5.74) is 0.184. The highest BCUT2D eigenvalue weighted by Crippen LogP contribution is 2.31. The molecule has 1 amide bonds. The largest absolute Gasteiger partial charge is 0.335 e. The van der Waals surface area contributed by atoms with Crippen molar-refractivity contribution in [1.82, 2.24) is 4.90 Å². The first-order chi connectivity index (χ1) is 9.88. The molecule has 1 aromatic carbocycles. The van der Waals surface area contributed by atoms with Crippen LogP contribution in [-0.2, 0) is 9.59 Å². The molecule has 0 aliphatic carbocycles. The van der Waals surface area contributed by atoms with Gasteiger partial charge in [-0.05, 0) is 31.0 Å². The molecule has 1 fully saturated rings. The van der Waals surface area contributed by atoms with Gasteiger partial charge in [0.25, 0.3) is 0 Å². The van der Waals surface area contributed by atoms with Gasteiger partial charge in [-0.15, -0.1) is 0 Å². The lowest BCUT2D eigenvalue weighted by molar-refractivity contribution is -0.129. The highest BCUT2D eigenvalue weighted by molar-refractivity contribution is 8.13. The molecule has 2 atom stereocenters. The van der Waals surface area contributed by atoms with Crippen LogP contribution in [0.1, 0.15) is 31.9 Å². The van der Waals surface area contributed by atoms with Crippen LogP contribution in [0.3, 0.4) is 0 Å². The molecule has 0 spiro atoms. The van der Waals surface area contributed by atoms with Gasteiger partial charge in [0.15, 0.2) is 5.12 Å². The van der Waals surface area contributed by atoms with Gasteiger partial charge >= 0.3 is 0 Å². The van der Waals surface area contributed by atoms with Crippen LogP contribution in [0.15, 0.2) is 18.2 Å². The predicted molar refractivity (Wildman–Crippen MR) is 77.7 cm³/mol. The van der Waals surface area contributed by atoms with E-state index in [1.807, 2.05) is 0 Å². The summed E-state index contributed by atoms with van der Waals surface area (Å²) in [4.78, 5) is 24.6. The smallest absolute Gasteiger partial charge is 0.223 e. The maximum atomic E-state index is 13.8. The number of hydrogen-bond acceptors (Lipinski definition) is 3. The Morgan fingerprint density at radius 2 is 2.19 bits per heavy atom. The maximum Gasteiger partial charge on any atom is 0.223 e. The summed E-state index contributed by atoms with van der Waals surface area (Å²) >= 11 is 1.19. The van der Waals surface area contributed by atoms with Gasteiger partial charge in [-0.2, -0.15) is 0 Å². The van der Waals surface area contributed by atoms with Gasteiger partial charge in [-0.3, -0.25) is 9.59 Å². The fourth-order valence-corrected chi connectivity index (χ4v) is 3.23. The van der Waals surface area contributed by atoms with Crippen LogP contribution in [-0.4, -0.2) is 28.2 Å². The molecule has 1 aliphatic rings. The molecule has 1 saturated heterocycles. The van der Waals surface area contributed by atoms with Gasteiger partial charge in [0, 0.05) is 31.2 Å². The van der Waals surface area contributed by atoms with Crippen molar-refractivity contribution in [3.63, 3.8) is 0 Å². The molecule has 0 aromatic heterocycles. The van der Waals surface area contributed by atoms with Crippen molar-refractivity contribution in [3.05, 3.63) is 35.4 Å². The average molecular weight is 313 g/mol. The summed E-state index contributed by atoms with van der Waals surface area (Å²) in [7, 11) is 0. The van der Waals surface area contributed by atoms with Crippen LogP contribution in [0.2, 0.25) is 0 Å². The van der Waals surface area contributed by atoms with Crippen LogP contribution >= 0.6 is 11.8 Å². The number of thioether (sulfide) groups is 1. The first kappa shape index (κ1) is 15.9. The Labute approximate surface area is 126 Å². The second-order valence-corrected chi connectivity index (χ2v) is 6.46. The van der Waals surface area contributed by atoms with E-state index in [1.165, 1.54) is 18.7 Å². The number of hydrogen-bond donors (Lipinski definition) is 0. The number of nitrogens with zero attached hydrogens (tertiary/aromatic N) is 1. The Balaban J connectivity index is 2.09. The Morgan fingerprint density at radius 3 is 2.86 bits per heavy atom. The topological polar surface area (TPSA) is 37.4 Å². The van der Waals surface area contributed by atoms with Crippen LogP contribution in [0.5, 0.6) is 0 Å². The molecular formula is C15H17F2NO2S. The van der Waals surface area contributed by atoms with Crippen molar-refractivity contribution in [3.8, 4) is 0 Å². The van der Waals surface area contributed by atoms with Crippen molar-refractivity contribution in [2.45, 2.75) is 26.3 Å². The highest BCUT2D eigenvalue weighted by Gasteiger charge is 2.34. The molecule has 114 valence electrons. The minimum atomic E-state index is -0.520. The first-order valence-electron chi connectivity index (χ1n) is 6.76. The van der Waals surface area contributed by atoms with E-state index < -0.39 is 17.7 Å². The van der Waals surface area contributed by atoms with Gasteiger partial charge in [-0.25, -0.2) is 8.78 Å². The summed E-state index contributed by atoms with van der Waals surface area (Å²) in [6.45, 7) is 3.65. The lowest BCUT2D eigenvalue weighted by Crippen LogP contribution is -2.29. The lowest BCUT2D eigenvalue weighted by Gasteiger charge is -2.25. The summed E-state index contributed by atoms with van der Waals surface area (Å²) in [5.74, 6) is -0.465. The van der Waals surface area contributed by atoms with Gasteiger partial charge in [0.1, 0.15) is 11.6 Å². The monoisotopic (exact) mass is 313 g/mol. The Kier molecular flexibility index (Phi) is 4.98. The van der Waals surface area contributed by atoms with E-state index in [2.05, 4.69) is 0 Å². The van der Waals surface area contributed by atoms with Gasteiger partial charge in [0.2, 0.25) is 5.91 Å². The van der Waals surface area contributed by atoms with Crippen molar-refractivity contribution < 1.29 is 18.4 Å². The summed E-state index contributed by atoms with van der Waals surface area (Å²) < 4.78 is 27.1. The number of carbonyl (C=O) groups excluding carboxylic acids is 2. The van der Waals surface area contributed by atoms with E-state index in [0.29, 0.717) is 18.7 Å². The van der Waals surface area contributed by atoms with Crippen LogP contribution in [0.4, 0.5) is 8.78 Å². The zero-order chi connectivity index (χ0) is 15.6. The molecule has 21 heavy (non-hydrogen) atoms. The van der Waals surface area contributed by atoms with Crippen molar-refractivity contribution in [2.75, 3.05) is 12.3 Å². The van der Waals surface area contributed by atoms with Crippen molar-refractivity contribution >= 4 is 22.8 Å². The van der Waals surface area contributed by atoms with Crippen molar-refractivity contribution in [2.24, 2.45) is 5.92 Å². The SMILES string of the molecule is CC(=O)SCC1CC(=O)N(C(C)c2cc(F)ccc2F)C1. The Morgan fingerprint density at radius 1 is 1.48 bits per heavy atom. The van der Waals surface area contributed by atoms with E-state index in [4.69, 9.17) is 0 Å². The van der Waals surface area contributed by atoms with E-state index in [9.17, 15) is 18.4 Å². The van der Waals surface area contributed by atoms with Crippen LogP contribution in [0, 0.1) is 17.6 Å². The number of rotatable bonds is 4. The number of benzene rings is 1. The van der Waals surface area contributed by atoms with Gasteiger partial charge in [0.05, 0.1) is 6.04 Å². The normalized spacial score (nSPS) is 19.9. The molecule has 0 saturated carbocycles. The molecule has 1 aliphatic heterocycles. The standard InChI is InChI=1S/C15H17F2NO2S/c1-9(13-6-12(16)3-4-14(13)17)18-7-11(5-15(18)20)8-21-10(2)19/h3-4,6,9,11H,5,7-8H2,1-2H3. The zero-order valence-corrected chi connectivity index (χ0v) is 12.8. The third kappa shape index (κ3) is 3.81. The summed E-state index contributed by atoms with van der Waals surface area (Å²) in [6.07, 6.45) is 0.349. The number of likely N-dealkylation sites (tertiary alicyclic amines) is 1. The quantitative estimate of drug-likeness (QED) is 0.857. The van der Waals surface area contributed by atoms with Gasteiger partial charge < -0.3 is 4.90 Å².